The number of aliphatic hydroxyl groups is 2. The van der Waals surface area contributed by atoms with E-state index < -0.39 is 30.6 Å². The molecule has 1 saturated heterocycles. The van der Waals surface area contributed by atoms with E-state index in [2.05, 4.69) is 0 Å². The largest absolute Gasteiger partial charge is 0.465 e. The van der Waals surface area contributed by atoms with Gasteiger partial charge in [0.25, 0.3) is 0 Å². The Hall–Kier alpha value is -1.63. The first-order chi connectivity index (χ1) is 9.56. The summed E-state index contributed by atoms with van der Waals surface area (Å²) in [4.78, 5) is 10.8. The molecule has 6 heteroatoms. The number of para-hydroxylation sites is 1. The lowest BCUT2D eigenvalue weighted by Gasteiger charge is -2.36. The molecule has 2 N–H and O–H groups in total. The van der Waals surface area contributed by atoms with Gasteiger partial charge in [-0.1, -0.05) is 18.2 Å². The highest BCUT2D eigenvalue weighted by Gasteiger charge is 2.38. The molecular formula is C14H18O6. The summed E-state index contributed by atoms with van der Waals surface area (Å²) < 4.78 is 15.9. The van der Waals surface area contributed by atoms with E-state index in [-0.39, 0.29) is 13.0 Å². The second-order valence-corrected chi connectivity index (χ2v) is 4.63. The van der Waals surface area contributed by atoms with Crippen molar-refractivity contribution in [3.8, 4) is 5.75 Å². The quantitative estimate of drug-likeness (QED) is 0.781. The Morgan fingerprint density at radius 2 is 2.05 bits per heavy atom. The number of carbonyl (C=O) groups excluding carboxylic acids is 1. The molecule has 1 aliphatic heterocycles. The highest BCUT2D eigenvalue weighted by molar-refractivity contribution is 5.65. The van der Waals surface area contributed by atoms with Crippen molar-refractivity contribution in [3.05, 3.63) is 30.3 Å². The van der Waals surface area contributed by atoms with Gasteiger partial charge in [-0.3, -0.25) is 4.79 Å². The molecule has 4 atom stereocenters. The van der Waals surface area contributed by atoms with Gasteiger partial charge >= 0.3 is 5.97 Å². The molecule has 0 aliphatic carbocycles. The number of esters is 1. The normalized spacial score (nSPS) is 29.8. The van der Waals surface area contributed by atoms with Crippen molar-refractivity contribution in [1.82, 2.24) is 0 Å². The standard InChI is InChI=1S/C14H18O6/c1-9(15)18-8-12-14(17)11(16)7-13(20-12)19-10-5-3-2-4-6-10/h2-6,11-14,16-17H,7-8H2,1H3. The molecule has 6 nitrogen and oxygen atoms in total. The topological polar surface area (TPSA) is 85.2 Å². The number of aliphatic hydroxyl groups excluding tert-OH is 2. The molecule has 0 saturated carbocycles. The molecule has 1 aromatic carbocycles. The van der Waals surface area contributed by atoms with E-state index in [9.17, 15) is 15.0 Å². The second-order valence-electron chi connectivity index (χ2n) is 4.63. The summed E-state index contributed by atoms with van der Waals surface area (Å²) in [6, 6.07) is 9.03. The minimum atomic E-state index is -1.11. The number of rotatable bonds is 4. The molecule has 0 amide bonds. The number of hydrogen-bond donors (Lipinski definition) is 2. The molecular weight excluding hydrogens is 264 g/mol. The van der Waals surface area contributed by atoms with Crippen LogP contribution in [-0.4, -0.2) is 47.4 Å². The predicted molar refractivity (Wildman–Crippen MR) is 69.0 cm³/mol. The summed E-state index contributed by atoms with van der Waals surface area (Å²) in [6.45, 7) is 1.14. The Balaban J connectivity index is 1.95. The minimum Gasteiger partial charge on any atom is -0.465 e. The van der Waals surface area contributed by atoms with Crippen molar-refractivity contribution < 1.29 is 29.2 Å². The minimum absolute atomic E-state index is 0.123. The molecule has 1 heterocycles. The molecule has 110 valence electrons. The third-order valence-corrected chi connectivity index (χ3v) is 3.00. The van der Waals surface area contributed by atoms with Gasteiger partial charge < -0.3 is 24.4 Å². The molecule has 2 rings (SSSR count). The predicted octanol–water partition coefficient (Wildman–Crippen LogP) is 0.465. The van der Waals surface area contributed by atoms with Crippen LogP contribution < -0.4 is 4.74 Å². The SMILES string of the molecule is CC(=O)OCC1OC(Oc2ccccc2)CC(O)C1O. The molecule has 0 radical (unpaired) electrons. The molecule has 4 unspecified atom stereocenters. The maximum Gasteiger partial charge on any atom is 0.302 e. The highest BCUT2D eigenvalue weighted by atomic mass is 16.7. The van der Waals surface area contributed by atoms with E-state index in [1.807, 2.05) is 18.2 Å². The average Bonchev–Trinajstić information content (AvgIpc) is 2.42. The van der Waals surface area contributed by atoms with E-state index in [1.165, 1.54) is 6.92 Å². The zero-order valence-corrected chi connectivity index (χ0v) is 11.1. The Morgan fingerprint density at radius 1 is 1.35 bits per heavy atom. The number of carbonyl (C=O) groups is 1. The fraction of sp³-hybridized carbons (Fsp3) is 0.500. The Bertz CT molecular complexity index is 435. The molecule has 1 fully saturated rings. The zero-order valence-electron chi connectivity index (χ0n) is 11.1. The first-order valence-corrected chi connectivity index (χ1v) is 6.43. The smallest absolute Gasteiger partial charge is 0.302 e. The fourth-order valence-corrected chi connectivity index (χ4v) is 1.98. The molecule has 20 heavy (non-hydrogen) atoms. The van der Waals surface area contributed by atoms with Crippen molar-refractivity contribution in [3.63, 3.8) is 0 Å². The maximum atomic E-state index is 10.8. The summed E-state index contributed by atoms with van der Waals surface area (Å²) in [5.74, 6) is 0.133. The van der Waals surface area contributed by atoms with Crippen molar-refractivity contribution in [2.75, 3.05) is 6.61 Å². The van der Waals surface area contributed by atoms with Crippen molar-refractivity contribution in [2.45, 2.75) is 37.9 Å². The molecule has 0 spiro atoms. The second kappa shape index (κ2) is 6.69. The van der Waals surface area contributed by atoms with E-state index in [4.69, 9.17) is 14.2 Å². The number of hydrogen-bond acceptors (Lipinski definition) is 6. The molecule has 1 aromatic rings. The maximum absolute atomic E-state index is 10.8. The van der Waals surface area contributed by atoms with Crippen molar-refractivity contribution in [1.29, 1.82) is 0 Å². The third kappa shape index (κ3) is 3.93. The summed E-state index contributed by atoms with van der Waals surface area (Å²) in [5.41, 5.74) is 0. The van der Waals surface area contributed by atoms with Gasteiger partial charge in [0.15, 0.2) is 0 Å². The van der Waals surface area contributed by atoms with Gasteiger partial charge in [-0.25, -0.2) is 0 Å². The Labute approximate surface area is 116 Å². The van der Waals surface area contributed by atoms with Gasteiger partial charge in [-0.2, -0.15) is 0 Å². The van der Waals surface area contributed by atoms with Crippen LogP contribution in [0, 0.1) is 0 Å². The van der Waals surface area contributed by atoms with Crippen LogP contribution in [0.2, 0.25) is 0 Å². The number of benzene rings is 1. The van der Waals surface area contributed by atoms with E-state index in [1.54, 1.807) is 12.1 Å². The first-order valence-electron chi connectivity index (χ1n) is 6.43. The number of ether oxygens (including phenoxy) is 3. The van der Waals surface area contributed by atoms with Gasteiger partial charge in [0.2, 0.25) is 6.29 Å². The summed E-state index contributed by atoms with van der Waals surface area (Å²) in [6.07, 6.45) is -3.46. The Morgan fingerprint density at radius 3 is 2.70 bits per heavy atom. The van der Waals surface area contributed by atoms with Crippen molar-refractivity contribution in [2.24, 2.45) is 0 Å². The van der Waals surface area contributed by atoms with Crippen LogP contribution in [-0.2, 0) is 14.3 Å². The molecule has 0 aromatic heterocycles. The van der Waals surface area contributed by atoms with Crippen LogP contribution in [0.15, 0.2) is 30.3 Å². The van der Waals surface area contributed by atoms with Crippen LogP contribution in [0.4, 0.5) is 0 Å². The average molecular weight is 282 g/mol. The third-order valence-electron chi connectivity index (χ3n) is 3.00. The lowest BCUT2D eigenvalue weighted by Crippen LogP contribution is -2.51. The molecule has 0 bridgehead atoms. The van der Waals surface area contributed by atoms with E-state index >= 15 is 0 Å². The van der Waals surface area contributed by atoms with Crippen LogP contribution >= 0.6 is 0 Å². The van der Waals surface area contributed by atoms with Gasteiger partial charge in [0, 0.05) is 13.3 Å². The van der Waals surface area contributed by atoms with Gasteiger partial charge in [0.05, 0.1) is 6.10 Å². The summed E-state index contributed by atoms with van der Waals surface area (Å²) in [5, 5.41) is 19.6. The lowest BCUT2D eigenvalue weighted by atomic mass is 10.0. The lowest BCUT2D eigenvalue weighted by molar-refractivity contribution is -0.232. The van der Waals surface area contributed by atoms with E-state index in [0.29, 0.717) is 5.75 Å². The summed E-state index contributed by atoms with van der Waals surface area (Å²) >= 11 is 0. The van der Waals surface area contributed by atoms with Gasteiger partial charge in [-0.05, 0) is 12.1 Å². The molecule has 1 aliphatic rings. The van der Waals surface area contributed by atoms with Crippen LogP contribution in [0.3, 0.4) is 0 Å². The fourth-order valence-electron chi connectivity index (χ4n) is 1.98. The zero-order chi connectivity index (χ0) is 14.5. The van der Waals surface area contributed by atoms with Crippen LogP contribution in [0.25, 0.3) is 0 Å². The van der Waals surface area contributed by atoms with Gasteiger partial charge in [0.1, 0.15) is 24.6 Å². The van der Waals surface area contributed by atoms with Crippen molar-refractivity contribution >= 4 is 5.97 Å². The highest BCUT2D eigenvalue weighted by Crippen LogP contribution is 2.23. The van der Waals surface area contributed by atoms with Crippen LogP contribution in [0.1, 0.15) is 13.3 Å². The first kappa shape index (κ1) is 14.8. The monoisotopic (exact) mass is 282 g/mol. The van der Waals surface area contributed by atoms with Gasteiger partial charge in [-0.15, -0.1) is 0 Å². The summed E-state index contributed by atoms with van der Waals surface area (Å²) in [7, 11) is 0. The van der Waals surface area contributed by atoms with E-state index in [0.717, 1.165) is 0 Å². The van der Waals surface area contributed by atoms with Crippen LogP contribution in [0.5, 0.6) is 5.75 Å². The Kier molecular flexibility index (Phi) is 4.94.